The molecule has 0 spiro atoms. The van der Waals surface area contributed by atoms with Gasteiger partial charge < -0.3 is 20.1 Å². The smallest absolute Gasteiger partial charge is 0.231 e. The normalized spacial score (nSPS) is 13.1. The quantitative estimate of drug-likeness (QED) is 0.672. The lowest BCUT2D eigenvalue weighted by molar-refractivity contribution is 0.174. The number of hydrogen-bond acceptors (Lipinski definition) is 5. The summed E-state index contributed by atoms with van der Waals surface area (Å²) in [6.07, 6.45) is 0. The van der Waals surface area contributed by atoms with Crippen LogP contribution in [0.3, 0.4) is 0 Å². The molecule has 19 heavy (non-hydrogen) atoms. The number of ether oxygens (including phenoxy) is 2. The van der Waals surface area contributed by atoms with Crippen LogP contribution in [-0.4, -0.2) is 32.6 Å². The lowest BCUT2D eigenvalue weighted by Crippen LogP contribution is -2.34. The summed E-state index contributed by atoms with van der Waals surface area (Å²) in [5.74, 6) is 1.13. The van der Waals surface area contributed by atoms with Gasteiger partial charge in [-0.05, 0) is 24.4 Å². The summed E-state index contributed by atoms with van der Waals surface area (Å²) in [6.45, 7) is 0.352. The fourth-order valence-corrected chi connectivity index (χ4v) is 2.06. The third-order valence-corrected chi connectivity index (χ3v) is 3.32. The first kappa shape index (κ1) is 13.8. The number of benzene rings is 1. The molecule has 0 saturated carbocycles. The van der Waals surface area contributed by atoms with E-state index >= 15 is 0 Å². The summed E-state index contributed by atoms with van der Waals surface area (Å²) in [6, 6.07) is 5.29. The van der Waals surface area contributed by atoms with Crippen LogP contribution in [0.2, 0.25) is 0 Å². The third-order valence-electron chi connectivity index (χ3n) is 2.30. The first-order valence-electron chi connectivity index (χ1n) is 5.39. The molecule has 104 valence electrons. The van der Waals surface area contributed by atoms with Crippen molar-refractivity contribution >= 4 is 33.0 Å². The second-order valence-electron chi connectivity index (χ2n) is 3.82. The van der Waals surface area contributed by atoms with Crippen molar-refractivity contribution in [3.63, 3.8) is 0 Å². The Kier molecular flexibility index (Phi) is 4.08. The highest BCUT2D eigenvalue weighted by Gasteiger charge is 2.13. The van der Waals surface area contributed by atoms with E-state index < -0.39 is 10.0 Å². The van der Waals surface area contributed by atoms with Crippen LogP contribution in [0.15, 0.2) is 18.2 Å². The highest BCUT2D eigenvalue weighted by Crippen LogP contribution is 2.34. The molecule has 0 unspecified atom stereocenters. The van der Waals surface area contributed by atoms with Gasteiger partial charge in [0.05, 0.1) is 5.75 Å². The molecule has 7 nitrogen and oxygen atoms in total. The zero-order valence-corrected chi connectivity index (χ0v) is 11.5. The van der Waals surface area contributed by atoms with Gasteiger partial charge in [0, 0.05) is 18.3 Å². The van der Waals surface area contributed by atoms with Crippen LogP contribution in [-0.2, 0) is 10.0 Å². The average Bonchev–Trinajstić information content (AvgIpc) is 2.74. The molecular weight excluding hydrogens is 290 g/mol. The van der Waals surface area contributed by atoms with Crippen LogP contribution in [0.4, 0.5) is 5.69 Å². The molecule has 1 heterocycles. The van der Waals surface area contributed by atoms with Crippen LogP contribution >= 0.6 is 12.2 Å². The molecule has 0 radical (unpaired) electrons. The molecule has 1 aromatic rings. The number of anilines is 1. The van der Waals surface area contributed by atoms with Gasteiger partial charge in [-0.15, -0.1) is 0 Å². The van der Waals surface area contributed by atoms with Crippen LogP contribution in [0, 0.1) is 0 Å². The molecule has 0 fully saturated rings. The SMILES string of the molecule is NS(=O)(=O)CCNC(=S)Nc1ccc2c(c1)OCO2. The standard InChI is InChI=1S/C10H13N3O4S2/c11-19(14,15)4-3-12-10(18)13-7-1-2-8-9(5-7)17-6-16-8/h1-2,5H,3-4,6H2,(H2,11,14,15)(H2,12,13,18). The molecule has 0 amide bonds. The molecule has 9 heteroatoms. The molecule has 2 rings (SSSR count). The maximum absolute atomic E-state index is 10.7. The monoisotopic (exact) mass is 303 g/mol. The number of nitrogens with two attached hydrogens (primary N) is 1. The Bertz CT molecular complexity index is 588. The van der Waals surface area contributed by atoms with Crippen molar-refractivity contribution in [2.75, 3.05) is 24.4 Å². The van der Waals surface area contributed by atoms with E-state index in [4.69, 9.17) is 26.8 Å². The van der Waals surface area contributed by atoms with Crippen molar-refractivity contribution < 1.29 is 17.9 Å². The summed E-state index contributed by atoms with van der Waals surface area (Å²) >= 11 is 5.02. The van der Waals surface area contributed by atoms with Gasteiger partial charge in [0.2, 0.25) is 16.8 Å². The lowest BCUT2D eigenvalue weighted by atomic mass is 10.3. The van der Waals surface area contributed by atoms with Crippen molar-refractivity contribution in [1.29, 1.82) is 0 Å². The summed E-state index contributed by atoms with van der Waals surface area (Å²) in [5, 5.41) is 10.8. The van der Waals surface area contributed by atoms with E-state index in [2.05, 4.69) is 10.6 Å². The Balaban J connectivity index is 1.85. The number of hydrogen-bond donors (Lipinski definition) is 3. The summed E-state index contributed by atoms with van der Waals surface area (Å²) in [7, 11) is -3.49. The zero-order valence-electron chi connectivity index (χ0n) is 9.88. The summed E-state index contributed by atoms with van der Waals surface area (Å²) < 4.78 is 31.9. The average molecular weight is 303 g/mol. The Hall–Kier alpha value is -1.58. The second kappa shape index (κ2) is 5.59. The minimum Gasteiger partial charge on any atom is -0.454 e. The van der Waals surface area contributed by atoms with Crippen LogP contribution in [0.25, 0.3) is 0 Å². The Morgan fingerprint density at radius 1 is 1.37 bits per heavy atom. The molecule has 4 N–H and O–H groups in total. The number of thiocarbonyl (C=S) groups is 1. The lowest BCUT2D eigenvalue weighted by Gasteiger charge is -2.10. The van der Waals surface area contributed by atoms with Gasteiger partial charge in [0.25, 0.3) is 0 Å². The summed E-state index contributed by atoms with van der Waals surface area (Å²) in [5.41, 5.74) is 0.720. The molecule has 0 saturated heterocycles. The van der Waals surface area contributed by atoms with Crippen molar-refractivity contribution in [2.45, 2.75) is 0 Å². The Labute approximate surface area is 116 Å². The molecule has 1 aliphatic heterocycles. The molecule has 0 atom stereocenters. The van der Waals surface area contributed by atoms with E-state index in [0.717, 1.165) is 5.69 Å². The topological polar surface area (TPSA) is 103 Å². The largest absolute Gasteiger partial charge is 0.454 e. The highest BCUT2D eigenvalue weighted by molar-refractivity contribution is 7.89. The minimum atomic E-state index is -3.49. The van der Waals surface area contributed by atoms with E-state index in [0.29, 0.717) is 16.6 Å². The van der Waals surface area contributed by atoms with E-state index in [1.807, 2.05) is 0 Å². The van der Waals surface area contributed by atoms with Crippen LogP contribution in [0.5, 0.6) is 11.5 Å². The van der Waals surface area contributed by atoms with E-state index in [9.17, 15) is 8.42 Å². The van der Waals surface area contributed by atoms with Crippen molar-refractivity contribution in [1.82, 2.24) is 5.32 Å². The molecule has 0 aliphatic carbocycles. The molecular formula is C10H13N3O4S2. The molecule has 1 aliphatic rings. The van der Waals surface area contributed by atoms with E-state index in [-0.39, 0.29) is 19.1 Å². The second-order valence-corrected chi connectivity index (χ2v) is 5.96. The fraction of sp³-hybridized carbons (Fsp3) is 0.300. The van der Waals surface area contributed by atoms with Gasteiger partial charge in [-0.2, -0.15) is 0 Å². The van der Waals surface area contributed by atoms with Gasteiger partial charge in [-0.3, -0.25) is 0 Å². The van der Waals surface area contributed by atoms with Gasteiger partial charge in [-0.25, -0.2) is 13.6 Å². The van der Waals surface area contributed by atoms with E-state index in [1.54, 1.807) is 18.2 Å². The van der Waals surface area contributed by atoms with Crippen molar-refractivity contribution in [3.8, 4) is 11.5 Å². The summed E-state index contributed by atoms with van der Waals surface area (Å²) in [4.78, 5) is 0. The predicted octanol–water partition coefficient (Wildman–Crippen LogP) is -0.00980. The van der Waals surface area contributed by atoms with Crippen LogP contribution < -0.4 is 25.2 Å². The first-order chi connectivity index (χ1) is 8.94. The van der Waals surface area contributed by atoms with Gasteiger partial charge in [-0.1, -0.05) is 0 Å². The van der Waals surface area contributed by atoms with Crippen LogP contribution in [0.1, 0.15) is 0 Å². The Morgan fingerprint density at radius 2 is 2.11 bits per heavy atom. The number of fused-ring (bicyclic) bond motifs is 1. The van der Waals surface area contributed by atoms with Gasteiger partial charge in [0.1, 0.15) is 0 Å². The highest BCUT2D eigenvalue weighted by atomic mass is 32.2. The molecule has 1 aromatic carbocycles. The first-order valence-corrected chi connectivity index (χ1v) is 7.51. The van der Waals surface area contributed by atoms with Gasteiger partial charge >= 0.3 is 0 Å². The van der Waals surface area contributed by atoms with Crippen molar-refractivity contribution in [2.24, 2.45) is 5.14 Å². The predicted molar refractivity (Wildman–Crippen MR) is 74.8 cm³/mol. The maximum atomic E-state index is 10.7. The minimum absolute atomic E-state index is 0.148. The number of sulfonamides is 1. The van der Waals surface area contributed by atoms with E-state index in [1.165, 1.54) is 0 Å². The van der Waals surface area contributed by atoms with Gasteiger partial charge in [0.15, 0.2) is 16.6 Å². The fourth-order valence-electron chi connectivity index (χ4n) is 1.46. The Morgan fingerprint density at radius 3 is 2.84 bits per heavy atom. The number of nitrogens with one attached hydrogen (secondary N) is 2. The maximum Gasteiger partial charge on any atom is 0.231 e. The number of primary sulfonamides is 1. The number of rotatable bonds is 4. The third kappa shape index (κ3) is 4.23. The zero-order chi connectivity index (χ0) is 13.9. The molecule has 0 aromatic heterocycles. The molecule has 0 bridgehead atoms. The van der Waals surface area contributed by atoms with Crippen molar-refractivity contribution in [3.05, 3.63) is 18.2 Å².